The topological polar surface area (TPSA) is 23.6 Å². The summed E-state index contributed by atoms with van der Waals surface area (Å²) in [6, 6.07) is 6.46. The Labute approximate surface area is 117 Å². The minimum absolute atomic E-state index is 0.217. The molecule has 4 heteroatoms. The lowest BCUT2D eigenvalue weighted by atomic mass is 9.98. The van der Waals surface area contributed by atoms with Gasteiger partial charge in [0.2, 0.25) is 5.91 Å². The van der Waals surface area contributed by atoms with Crippen molar-refractivity contribution in [2.75, 3.05) is 31.0 Å². The molecule has 0 saturated heterocycles. The number of hydrogen-bond donors (Lipinski definition) is 0. The number of nitrogens with zero attached hydrogens (tertiary/aromatic N) is 2. The fourth-order valence-electron chi connectivity index (χ4n) is 2.25. The molecule has 1 amide bonds. The molecule has 1 aromatic rings. The number of benzene rings is 1. The number of aryl methyl sites for hydroxylation is 1. The largest absolute Gasteiger partial charge is 0.315 e. The summed E-state index contributed by atoms with van der Waals surface area (Å²) in [5, 5.41) is 0. The fourth-order valence-corrected chi connectivity index (χ4v) is 2.50. The van der Waals surface area contributed by atoms with Gasteiger partial charge in [0.1, 0.15) is 0 Å². The van der Waals surface area contributed by atoms with Gasteiger partial charge in [-0.15, -0.1) is 0 Å². The van der Waals surface area contributed by atoms with Crippen molar-refractivity contribution in [1.29, 1.82) is 0 Å². The molecule has 1 aliphatic rings. The first-order valence-corrected chi connectivity index (χ1v) is 7.37. The van der Waals surface area contributed by atoms with Crippen LogP contribution in [0.3, 0.4) is 0 Å². The van der Waals surface area contributed by atoms with Gasteiger partial charge in [0, 0.05) is 25.7 Å². The Morgan fingerprint density at radius 2 is 2.17 bits per heavy atom. The summed E-state index contributed by atoms with van der Waals surface area (Å²) in [5.74, 6) is 0.217. The second-order valence-electron chi connectivity index (χ2n) is 4.87. The number of alkyl halides is 1. The maximum absolute atomic E-state index is 11.6. The van der Waals surface area contributed by atoms with Gasteiger partial charge in [-0.3, -0.25) is 9.69 Å². The number of anilines is 1. The summed E-state index contributed by atoms with van der Waals surface area (Å²) in [4.78, 5) is 15.6. The van der Waals surface area contributed by atoms with Gasteiger partial charge in [-0.1, -0.05) is 28.1 Å². The molecule has 0 aromatic heterocycles. The Bertz CT molecular complexity index is 447. The molecular formula is C14H19BrN2O. The summed E-state index contributed by atoms with van der Waals surface area (Å²) in [6.07, 6.45) is 2.56. The van der Waals surface area contributed by atoms with Gasteiger partial charge >= 0.3 is 0 Å². The maximum atomic E-state index is 11.6. The number of likely N-dealkylation sites (N-methyl/N-ethyl adjacent to an activating group) is 1. The van der Waals surface area contributed by atoms with Crippen molar-refractivity contribution in [2.45, 2.75) is 19.3 Å². The van der Waals surface area contributed by atoms with Crippen LogP contribution in [0.1, 0.15) is 17.5 Å². The van der Waals surface area contributed by atoms with E-state index in [2.05, 4.69) is 46.1 Å². The molecule has 0 unspecified atom stereocenters. The van der Waals surface area contributed by atoms with Crippen LogP contribution in [0.2, 0.25) is 0 Å². The first-order chi connectivity index (χ1) is 8.61. The van der Waals surface area contributed by atoms with Crippen LogP contribution in [0, 0.1) is 0 Å². The van der Waals surface area contributed by atoms with Gasteiger partial charge in [-0.2, -0.15) is 0 Å². The zero-order valence-electron chi connectivity index (χ0n) is 10.9. The number of hydrogen-bond acceptors (Lipinski definition) is 2. The fraction of sp³-hybridized carbons (Fsp3) is 0.500. The third-order valence-corrected chi connectivity index (χ3v) is 4.33. The Hall–Kier alpha value is -0.870. The number of carbonyl (C=O) groups is 1. The molecule has 1 heterocycles. The van der Waals surface area contributed by atoms with Crippen LogP contribution in [-0.4, -0.2) is 36.9 Å². The van der Waals surface area contributed by atoms with E-state index >= 15 is 0 Å². The second-order valence-corrected chi connectivity index (χ2v) is 5.37. The Morgan fingerprint density at radius 3 is 2.89 bits per heavy atom. The average Bonchev–Trinajstić information content (AvgIpc) is 2.40. The number of amides is 1. The van der Waals surface area contributed by atoms with Crippen molar-refractivity contribution < 1.29 is 4.79 Å². The SMILES string of the molecule is CN(CBr)CCc1ccc2c(c1)CCC(=O)N2C. The molecule has 0 aliphatic carbocycles. The van der Waals surface area contributed by atoms with Crippen LogP contribution in [0.4, 0.5) is 5.69 Å². The van der Waals surface area contributed by atoms with E-state index < -0.39 is 0 Å². The predicted molar refractivity (Wildman–Crippen MR) is 78.3 cm³/mol. The predicted octanol–water partition coefficient (Wildman–Crippen LogP) is 2.42. The smallest absolute Gasteiger partial charge is 0.227 e. The van der Waals surface area contributed by atoms with E-state index in [0.29, 0.717) is 6.42 Å². The van der Waals surface area contributed by atoms with Crippen molar-refractivity contribution >= 4 is 27.5 Å². The highest BCUT2D eigenvalue weighted by Crippen LogP contribution is 2.27. The lowest BCUT2D eigenvalue weighted by Gasteiger charge is -2.26. The molecule has 1 aliphatic heterocycles. The van der Waals surface area contributed by atoms with Gasteiger partial charge in [0.05, 0.1) is 5.45 Å². The minimum atomic E-state index is 0.217. The summed E-state index contributed by atoms with van der Waals surface area (Å²) in [7, 11) is 3.96. The molecule has 0 fully saturated rings. The van der Waals surface area contributed by atoms with Crippen molar-refractivity contribution in [2.24, 2.45) is 0 Å². The monoisotopic (exact) mass is 310 g/mol. The van der Waals surface area contributed by atoms with E-state index in [1.54, 1.807) is 4.90 Å². The number of fused-ring (bicyclic) bond motifs is 1. The number of rotatable bonds is 4. The lowest BCUT2D eigenvalue weighted by molar-refractivity contribution is -0.118. The van der Waals surface area contributed by atoms with Gasteiger partial charge in [0.15, 0.2) is 0 Å². The Kier molecular flexibility index (Phi) is 4.40. The molecule has 0 bridgehead atoms. The third kappa shape index (κ3) is 2.93. The van der Waals surface area contributed by atoms with Crippen LogP contribution in [-0.2, 0) is 17.6 Å². The first kappa shape index (κ1) is 13.6. The summed E-state index contributed by atoms with van der Waals surface area (Å²) < 4.78 is 0. The molecule has 3 nitrogen and oxygen atoms in total. The van der Waals surface area contributed by atoms with Gasteiger partial charge in [0.25, 0.3) is 0 Å². The average molecular weight is 311 g/mol. The highest BCUT2D eigenvalue weighted by Gasteiger charge is 2.20. The summed E-state index contributed by atoms with van der Waals surface area (Å²) in [6.45, 7) is 1.04. The number of halogens is 1. The zero-order valence-corrected chi connectivity index (χ0v) is 12.5. The van der Waals surface area contributed by atoms with Crippen LogP contribution < -0.4 is 4.90 Å². The molecule has 98 valence electrons. The first-order valence-electron chi connectivity index (χ1n) is 6.24. The Morgan fingerprint density at radius 1 is 1.39 bits per heavy atom. The third-order valence-electron chi connectivity index (χ3n) is 3.47. The number of carbonyl (C=O) groups excluding carboxylic acids is 1. The molecule has 2 rings (SSSR count). The minimum Gasteiger partial charge on any atom is -0.315 e. The van der Waals surface area contributed by atoms with E-state index in [4.69, 9.17) is 0 Å². The molecule has 18 heavy (non-hydrogen) atoms. The van der Waals surface area contributed by atoms with E-state index in [1.165, 1.54) is 11.1 Å². The Balaban J connectivity index is 2.10. The van der Waals surface area contributed by atoms with Gasteiger partial charge in [-0.05, 0) is 37.1 Å². The zero-order chi connectivity index (χ0) is 13.1. The lowest BCUT2D eigenvalue weighted by Crippen LogP contribution is -2.31. The normalized spacial score (nSPS) is 15.1. The van der Waals surface area contributed by atoms with Gasteiger partial charge < -0.3 is 4.90 Å². The van der Waals surface area contributed by atoms with Crippen molar-refractivity contribution in [3.8, 4) is 0 Å². The molecule has 0 atom stereocenters. The highest BCUT2D eigenvalue weighted by molar-refractivity contribution is 9.09. The summed E-state index contributed by atoms with van der Waals surface area (Å²) in [5.41, 5.74) is 4.62. The van der Waals surface area contributed by atoms with Crippen LogP contribution in [0.5, 0.6) is 0 Å². The van der Waals surface area contributed by atoms with Crippen LogP contribution in [0.15, 0.2) is 18.2 Å². The van der Waals surface area contributed by atoms with E-state index in [9.17, 15) is 4.79 Å². The standard InChI is InChI=1S/C14H19BrN2O/c1-16(10-15)8-7-11-3-5-13-12(9-11)4-6-14(18)17(13)2/h3,5,9H,4,6-8,10H2,1-2H3. The molecule has 1 aromatic carbocycles. The van der Waals surface area contributed by atoms with Crippen LogP contribution in [0.25, 0.3) is 0 Å². The van der Waals surface area contributed by atoms with E-state index in [0.717, 1.165) is 30.5 Å². The highest BCUT2D eigenvalue weighted by atomic mass is 79.9. The quantitative estimate of drug-likeness (QED) is 0.630. The van der Waals surface area contributed by atoms with Gasteiger partial charge in [-0.25, -0.2) is 0 Å². The maximum Gasteiger partial charge on any atom is 0.227 e. The second kappa shape index (κ2) is 5.85. The molecule has 0 saturated carbocycles. The van der Waals surface area contributed by atoms with Crippen molar-refractivity contribution in [3.63, 3.8) is 0 Å². The summed E-state index contributed by atoms with van der Waals surface area (Å²) >= 11 is 3.44. The molecule has 0 N–H and O–H groups in total. The van der Waals surface area contributed by atoms with Crippen LogP contribution >= 0.6 is 15.9 Å². The molecule has 0 spiro atoms. The van der Waals surface area contributed by atoms with E-state index in [1.807, 2.05) is 7.05 Å². The molecular weight excluding hydrogens is 292 g/mol. The van der Waals surface area contributed by atoms with E-state index in [-0.39, 0.29) is 5.91 Å². The van der Waals surface area contributed by atoms with Crippen molar-refractivity contribution in [3.05, 3.63) is 29.3 Å². The molecule has 0 radical (unpaired) electrons. The van der Waals surface area contributed by atoms with Crippen molar-refractivity contribution in [1.82, 2.24) is 4.90 Å².